The third-order valence-corrected chi connectivity index (χ3v) is 7.39. The van der Waals surface area contributed by atoms with E-state index in [1.165, 1.54) is 16.4 Å². The Labute approximate surface area is 192 Å². The molecule has 2 aromatic rings. The van der Waals surface area contributed by atoms with Crippen molar-refractivity contribution < 1.29 is 13.2 Å². The van der Waals surface area contributed by atoms with E-state index in [1.807, 2.05) is 18.0 Å². The van der Waals surface area contributed by atoms with Gasteiger partial charge in [0.2, 0.25) is 15.9 Å². The van der Waals surface area contributed by atoms with Crippen LogP contribution in [0.4, 0.5) is 0 Å². The zero-order chi connectivity index (χ0) is 22.6. The molecule has 10 heteroatoms. The van der Waals surface area contributed by atoms with Crippen LogP contribution in [-0.2, 0) is 21.4 Å². The first kappa shape index (κ1) is 23.5. The summed E-state index contributed by atoms with van der Waals surface area (Å²) in [6.45, 7) is 1.65. The number of piperazine rings is 1. The van der Waals surface area contributed by atoms with Crippen molar-refractivity contribution in [1.29, 1.82) is 5.26 Å². The number of nitriles is 1. The topological polar surface area (TPSA) is 84.7 Å². The normalized spacial score (nSPS) is 15.1. The van der Waals surface area contributed by atoms with Gasteiger partial charge >= 0.3 is 0 Å². The van der Waals surface area contributed by atoms with Crippen LogP contribution in [0.3, 0.4) is 0 Å². The maximum Gasteiger partial charge on any atom is 0.244 e. The molecule has 1 fully saturated rings. The lowest BCUT2D eigenvalue weighted by molar-refractivity contribution is -0.133. The number of benzene rings is 2. The zero-order valence-electron chi connectivity index (χ0n) is 17.0. The number of sulfonamides is 1. The van der Waals surface area contributed by atoms with Crippen LogP contribution in [0.5, 0.6) is 0 Å². The minimum atomic E-state index is -3.79. The van der Waals surface area contributed by atoms with Crippen molar-refractivity contribution in [3.63, 3.8) is 0 Å². The molecule has 1 aliphatic rings. The maximum atomic E-state index is 12.9. The molecule has 3 rings (SSSR count). The molecule has 7 nitrogen and oxygen atoms in total. The number of rotatable bonds is 6. The van der Waals surface area contributed by atoms with Crippen molar-refractivity contribution >= 4 is 39.1 Å². The van der Waals surface area contributed by atoms with Gasteiger partial charge in [-0.3, -0.25) is 9.69 Å². The van der Waals surface area contributed by atoms with Crippen molar-refractivity contribution in [2.24, 2.45) is 0 Å². The number of carbonyl (C=O) groups is 1. The van der Waals surface area contributed by atoms with Crippen LogP contribution in [0.1, 0.15) is 11.1 Å². The second kappa shape index (κ2) is 9.98. The molecule has 1 heterocycles. The molecule has 164 valence electrons. The molecule has 31 heavy (non-hydrogen) atoms. The molecule has 0 saturated carbocycles. The summed E-state index contributed by atoms with van der Waals surface area (Å²) in [5, 5.41) is 10.3. The van der Waals surface area contributed by atoms with E-state index >= 15 is 0 Å². The minimum absolute atomic E-state index is 0.00260. The van der Waals surface area contributed by atoms with Gasteiger partial charge in [0, 0.05) is 42.8 Å². The van der Waals surface area contributed by atoms with Crippen LogP contribution in [-0.4, -0.2) is 68.2 Å². The van der Waals surface area contributed by atoms with Gasteiger partial charge in [0.15, 0.2) is 0 Å². The molecule has 0 aliphatic carbocycles. The molecule has 1 saturated heterocycles. The third kappa shape index (κ3) is 5.76. The van der Waals surface area contributed by atoms with Gasteiger partial charge in [-0.2, -0.15) is 9.57 Å². The van der Waals surface area contributed by atoms with E-state index in [0.717, 1.165) is 5.56 Å². The Morgan fingerprint density at radius 2 is 1.71 bits per heavy atom. The fraction of sp³-hybridized carbons (Fsp3) is 0.333. The van der Waals surface area contributed by atoms with E-state index in [9.17, 15) is 18.5 Å². The van der Waals surface area contributed by atoms with E-state index < -0.39 is 10.0 Å². The van der Waals surface area contributed by atoms with E-state index in [-0.39, 0.29) is 36.0 Å². The van der Waals surface area contributed by atoms with E-state index in [1.54, 1.807) is 35.2 Å². The van der Waals surface area contributed by atoms with Gasteiger partial charge in [0.25, 0.3) is 0 Å². The lowest BCUT2D eigenvalue weighted by Crippen LogP contribution is -2.52. The second-order valence-electron chi connectivity index (χ2n) is 7.34. The van der Waals surface area contributed by atoms with E-state index in [4.69, 9.17) is 23.2 Å². The fourth-order valence-corrected chi connectivity index (χ4v) is 5.64. The number of carbonyl (C=O) groups excluding carboxylic acids is 1. The smallest absolute Gasteiger partial charge is 0.244 e. The van der Waals surface area contributed by atoms with Gasteiger partial charge in [-0.05, 0) is 42.9 Å². The monoisotopic (exact) mass is 480 g/mol. The highest BCUT2D eigenvalue weighted by atomic mass is 35.5. The minimum Gasteiger partial charge on any atom is -0.339 e. The molecular formula is C21H22Cl2N4O3S. The molecular weight excluding hydrogens is 459 g/mol. The number of halogens is 2. The third-order valence-electron chi connectivity index (χ3n) is 5.00. The molecule has 2 aromatic carbocycles. The Morgan fingerprint density at radius 3 is 2.32 bits per heavy atom. The fourth-order valence-electron chi connectivity index (χ4n) is 3.50. The number of amides is 1. The summed E-state index contributed by atoms with van der Waals surface area (Å²) in [6, 6.07) is 13.3. The summed E-state index contributed by atoms with van der Waals surface area (Å²) in [5.41, 5.74) is 1.02. The molecule has 0 atom stereocenters. The largest absolute Gasteiger partial charge is 0.339 e. The van der Waals surface area contributed by atoms with Gasteiger partial charge in [-0.25, -0.2) is 8.42 Å². The summed E-state index contributed by atoms with van der Waals surface area (Å²) < 4.78 is 27.2. The number of hydrogen-bond donors (Lipinski definition) is 0. The summed E-state index contributed by atoms with van der Waals surface area (Å²) >= 11 is 12.1. The van der Waals surface area contributed by atoms with Gasteiger partial charge in [-0.1, -0.05) is 35.3 Å². The SMILES string of the molecule is CN(CC(=O)N1CCN(S(=O)(=O)c2ccccc2C#N)CC1)Cc1cc(Cl)cc(Cl)c1. The molecule has 0 spiro atoms. The predicted molar refractivity (Wildman–Crippen MR) is 119 cm³/mol. The average molecular weight is 481 g/mol. The standard InChI is InChI=1S/C21H22Cl2N4O3S/c1-25(14-16-10-18(22)12-19(23)11-16)15-21(28)26-6-8-27(9-7-26)31(29,30)20-5-3-2-4-17(20)13-24/h2-5,10-12H,6-9,14-15H2,1H3. The zero-order valence-corrected chi connectivity index (χ0v) is 19.3. The van der Waals surface area contributed by atoms with Gasteiger partial charge in [0.1, 0.15) is 6.07 Å². The summed E-state index contributed by atoms with van der Waals surface area (Å²) in [6.07, 6.45) is 0. The lowest BCUT2D eigenvalue weighted by Gasteiger charge is -2.35. The molecule has 0 N–H and O–H groups in total. The number of likely N-dealkylation sites (N-methyl/N-ethyl adjacent to an activating group) is 1. The van der Waals surface area contributed by atoms with Crippen molar-refractivity contribution in [2.75, 3.05) is 39.8 Å². The average Bonchev–Trinajstić information content (AvgIpc) is 2.72. The quantitative estimate of drug-likeness (QED) is 0.634. The van der Waals surface area contributed by atoms with Crippen molar-refractivity contribution in [3.8, 4) is 6.07 Å². The van der Waals surface area contributed by atoms with Crippen LogP contribution >= 0.6 is 23.2 Å². The predicted octanol–water partition coefficient (Wildman–Crippen LogP) is 2.83. The van der Waals surface area contributed by atoms with E-state index in [0.29, 0.717) is 29.7 Å². The van der Waals surface area contributed by atoms with Crippen molar-refractivity contribution in [1.82, 2.24) is 14.1 Å². The lowest BCUT2D eigenvalue weighted by atomic mass is 10.2. The summed E-state index contributed by atoms with van der Waals surface area (Å²) in [7, 11) is -1.96. The Kier molecular flexibility index (Phi) is 7.57. The maximum absolute atomic E-state index is 12.9. The Bertz CT molecular complexity index is 1090. The molecule has 0 unspecified atom stereocenters. The Morgan fingerprint density at radius 1 is 1.10 bits per heavy atom. The molecule has 1 amide bonds. The van der Waals surface area contributed by atoms with Gasteiger partial charge in [0.05, 0.1) is 17.0 Å². The first-order chi connectivity index (χ1) is 14.7. The highest BCUT2D eigenvalue weighted by Crippen LogP contribution is 2.22. The molecule has 1 aliphatic heterocycles. The second-order valence-corrected chi connectivity index (χ2v) is 10.1. The highest BCUT2D eigenvalue weighted by molar-refractivity contribution is 7.89. The first-order valence-corrected chi connectivity index (χ1v) is 11.8. The summed E-state index contributed by atoms with van der Waals surface area (Å²) in [4.78, 5) is 16.2. The van der Waals surface area contributed by atoms with Crippen molar-refractivity contribution in [3.05, 3.63) is 63.6 Å². The van der Waals surface area contributed by atoms with Crippen LogP contribution in [0, 0.1) is 11.3 Å². The Hall–Kier alpha value is -2.15. The molecule has 0 radical (unpaired) electrons. The van der Waals surface area contributed by atoms with Crippen LogP contribution < -0.4 is 0 Å². The summed E-state index contributed by atoms with van der Waals surface area (Å²) in [5.74, 6) is -0.0786. The highest BCUT2D eigenvalue weighted by Gasteiger charge is 2.31. The molecule has 0 bridgehead atoms. The Balaban J connectivity index is 1.57. The van der Waals surface area contributed by atoms with Crippen molar-refractivity contribution in [2.45, 2.75) is 11.4 Å². The van der Waals surface area contributed by atoms with Gasteiger partial charge < -0.3 is 4.90 Å². The number of nitrogens with zero attached hydrogens (tertiary/aromatic N) is 4. The molecule has 0 aromatic heterocycles. The number of hydrogen-bond acceptors (Lipinski definition) is 5. The van der Waals surface area contributed by atoms with Crippen LogP contribution in [0.15, 0.2) is 47.4 Å². The van der Waals surface area contributed by atoms with Crippen LogP contribution in [0.25, 0.3) is 0 Å². The van der Waals surface area contributed by atoms with Crippen LogP contribution in [0.2, 0.25) is 10.0 Å². The van der Waals surface area contributed by atoms with E-state index in [2.05, 4.69) is 0 Å². The first-order valence-electron chi connectivity index (χ1n) is 9.61. The van der Waals surface area contributed by atoms with Gasteiger partial charge in [-0.15, -0.1) is 0 Å².